The Labute approximate surface area is 174 Å². The molecule has 0 atom stereocenters. The van der Waals surface area contributed by atoms with Crippen molar-refractivity contribution in [3.63, 3.8) is 0 Å². The van der Waals surface area contributed by atoms with Crippen LogP contribution < -0.4 is 10.2 Å². The van der Waals surface area contributed by atoms with Crippen LogP contribution >= 0.6 is 0 Å². The molecule has 1 aliphatic heterocycles. The van der Waals surface area contributed by atoms with Crippen molar-refractivity contribution in [3.05, 3.63) is 65.6 Å². The maximum Gasteiger partial charge on any atom is 0.337 e. The van der Waals surface area contributed by atoms with Crippen LogP contribution in [-0.4, -0.2) is 49.4 Å². The molecule has 0 saturated carbocycles. The maximum atomic E-state index is 11.9. The summed E-state index contributed by atoms with van der Waals surface area (Å²) in [5, 5.41) is 3.44. The summed E-state index contributed by atoms with van der Waals surface area (Å²) < 4.78 is 10.3. The van der Waals surface area contributed by atoms with Crippen molar-refractivity contribution in [2.75, 3.05) is 43.6 Å². The Kier molecular flexibility index (Phi) is 4.80. The van der Waals surface area contributed by atoms with Gasteiger partial charge in [0.05, 0.1) is 31.6 Å². The maximum absolute atomic E-state index is 11.9. The predicted molar refractivity (Wildman–Crippen MR) is 114 cm³/mol. The summed E-state index contributed by atoms with van der Waals surface area (Å²) in [7, 11) is 1.39. The molecule has 30 heavy (non-hydrogen) atoms. The van der Waals surface area contributed by atoms with Gasteiger partial charge in [0.1, 0.15) is 12.1 Å². The first-order valence-corrected chi connectivity index (χ1v) is 9.98. The lowest BCUT2D eigenvalue weighted by molar-refractivity contribution is 0.0600. The standard InChI is InChI=1S/C23H22N4O3/c1-29-23(28)15-2-7-19-16(12-15)13-20-21(19)22(25-14-24-20)26-17-3-5-18(6-4-17)27-8-10-30-11-9-27/h2-7,12,14H,8-11,13H2,1H3,(H,24,25,26). The van der Waals surface area contributed by atoms with E-state index in [1.807, 2.05) is 12.1 Å². The third-order valence-electron chi connectivity index (χ3n) is 5.59. The van der Waals surface area contributed by atoms with E-state index in [0.29, 0.717) is 12.0 Å². The highest BCUT2D eigenvalue weighted by Crippen LogP contribution is 2.40. The number of anilines is 3. The van der Waals surface area contributed by atoms with Crippen molar-refractivity contribution in [2.45, 2.75) is 6.42 Å². The zero-order valence-electron chi connectivity index (χ0n) is 16.7. The number of hydrogen-bond acceptors (Lipinski definition) is 7. The van der Waals surface area contributed by atoms with Crippen LogP contribution in [-0.2, 0) is 15.9 Å². The van der Waals surface area contributed by atoms with Crippen LogP contribution in [0.5, 0.6) is 0 Å². The number of ether oxygens (including phenoxy) is 2. The van der Waals surface area contributed by atoms with Gasteiger partial charge in [-0.15, -0.1) is 0 Å². The topological polar surface area (TPSA) is 76.6 Å². The molecule has 1 aliphatic carbocycles. The minimum absolute atomic E-state index is 0.335. The van der Waals surface area contributed by atoms with Gasteiger partial charge in [0.15, 0.2) is 0 Å². The smallest absolute Gasteiger partial charge is 0.337 e. The molecule has 2 heterocycles. The molecule has 3 aromatic rings. The Bertz CT molecular complexity index is 1090. The summed E-state index contributed by atoms with van der Waals surface area (Å²) in [5.74, 6) is 0.433. The number of benzene rings is 2. The van der Waals surface area contributed by atoms with Gasteiger partial charge in [-0.05, 0) is 47.5 Å². The highest BCUT2D eigenvalue weighted by molar-refractivity contribution is 5.93. The number of nitrogens with one attached hydrogen (secondary N) is 1. The Morgan fingerprint density at radius 1 is 1.10 bits per heavy atom. The van der Waals surface area contributed by atoms with Gasteiger partial charge in [0.2, 0.25) is 0 Å². The molecule has 0 bridgehead atoms. The molecule has 0 unspecified atom stereocenters. The number of esters is 1. The Hall–Kier alpha value is -3.45. The van der Waals surface area contributed by atoms with E-state index < -0.39 is 0 Å². The quantitative estimate of drug-likeness (QED) is 0.524. The summed E-state index contributed by atoms with van der Waals surface area (Å²) in [6, 6.07) is 14.0. The number of methoxy groups -OCH3 is 1. The number of carbonyl (C=O) groups excluding carboxylic acids is 1. The molecule has 5 rings (SSSR count). The summed E-state index contributed by atoms with van der Waals surface area (Å²) in [6.07, 6.45) is 2.25. The monoisotopic (exact) mass is 402 g/mol. The van der Waals surface area contributed by atoms with Crippen LogP contribution in [0.2, 0.25) is 0 Å². The van der Waals surface area contributed by atoms with Gasteiger partial charge in [-0.25, -0.2) is 14.8 Å². The summed E-state index contributed by atoms with van der Waals surface area (Å²) in [5.41, 5.74) is 6.75. The molecule has 1 fully saturated rings. The summed E-state index contributed by atoms with van der Waals surface area (Å²) in [6.45, 7) is 3.36. The second-order valence-electron chi connectivity index (χ2n) is 7.36. The van der Waals surface area contributed by atoms with Gasteiger partial charge in [0.25, 0.3) is 0 Å². The molecule has 0 spiro atoms. The number of hydrogen-bond donors (Lipinski definition) is 1. The summed E-state index contributed by atoms with van der Waals surface area (Å²) in [4.78, 5) is 23.1. The van der Waals surface area contributed by atoms with Gasteiger partial charge in [-0.1, -0.05) is 6.07 Å². The van der Waals surface area contributed by atoms with E-state index in [2.05, 4.69) is 44.5 Å². The molecule has 7 nitrogen and oxygen atoms in total. The van der Waals surface area contributed by atoms with Crippen LogP contribution in [0.25, 0.3) is 11.1 Å². The van der Waals surface area contributed by atoms with E-state index in [9.17, 15) is 4.79 Å². The number of rotatable bonds is 4. The van der Waals surface area contributed by atoms with Crippen molar-refractivity contribution in [1.82, 2.24) is 9.97 Å². The third-order valence-corrected chi connectivity index (χ3v) is 5.59. The highest BCUT2D eigenvalue weighted by atomic mass is 16.5. The van der Waals surface area contributed by atoms with Gasteiger partial charge in [-0.3, -0.25) is 0 Å². The molecule has 2 aliphatic rings. The van der Waals surface area contributed by atoms with Crippen molar-refractivity contribution < 1.29 is 14.3 Å². The molecule has 152 valence electrons. The molecular weight excluding hydrogens is 380 g/mol. The third kappa shape index (κ3) is 3.37. The van der Waals surface area contributed by atoms with Crippen molar-refractivity contribution in [2.24, 2.45) is 0 Å². The number of nitrogens with zero attached hydrogens (tertiary/aromatic N) is 3. The fourth-order valence-electron chi connectivity index (χ4n) is 4.06. The first-order chi connectivity index (χ1) is 14.7. The van der Waals surface area contributed by atoms with Crippen LogP contribution in [0.3, 0.4) is 0 Å². The Balaban J connectivity index is 1.41. The Morgan fingerprint density at radius 2 is 1.90 bits per heavy atom. The van der Waals surface area contributed by atoms with Gasteiger partial charge < -0.3 is 19.7 Å². The normalized spacial score (nSPS) is 14.8. The highest BCUT2D eigenvalue weighted by Gasteiger charge is 2.25. The van der Waals surface area contributed by atoms with E-state index >= 15 is 0 Å². The summed E-state index contributed by atoms with van der Waals surface area (Å²) >= 11 is 0. The van der Waals surface area contributed by atoms with Crippen LogP contribution in [0.1, 0.15) is 21.6 Å². The lowest BCUT2D eigenvalue weighted by Gasteiger charge is -2.29. The minimum Gasteiger partial charge on any atom is -0.465 e. The van der Waals surface area contributed by atoms with Crippen LogP contribution in [0.4, 0.5) is 17.2 Å². The molecule has 1 N–H and O–H groups in total. The Morgan fingerprint density at radius 3 is 2.67 bits per heavy atom. The van der Waals surface area contributed by atoms with E-state index in [-0.39, 0.29) is 5.97 Å². The van der Waals surface area contributed by atoms with Crippen molar-refractivity contribution in [3.8, 4) is 11.1 Å². The molecule has 7 heteroatoms. The minimum atomic E-state index is -0.335. The number of fused-ring (bicyclic) bond motifs is 3. The van der Waals surface area contributed by atoms with Gasteiger partial charge >= 0.3 is 5.97 Å². The van der Waals surface area contributed by atoms with Gasteiger partial charge in [-0.2, -0.15) is 0 Å². The molecular formula is C23H22N4O3. The SMILES string of the molecule is COC(=O)c1ccc2c(c1)Cc1ncnc(Nc3ccc(N4CCOCC4)cc3)c1-2. The average Bonchev–Trinajstić information content (AvgIpc) is 3.18. The number of morpholine rings is 1. The number of carbonyl (C=O) groups is 1. The lowest BCUT2D eigenvalue weighted by atomic mass is 10.0. The zero-order chi connectivity index (χ0) is 20.5. The second kappa shape index (κ2) is 7.76. The van der Waals surface area contributed by atoms with Crippen molar-refractivity contribution in [1.29, 1.82) is 0 Å². The lowest BCUT2D eigenvalue weighted by Crippen LogP contribution is -2.36. The first-order valence-electron chi connectivity index (χ1n) is 9.98. The second-order valence-corrected chi connectivity index (χ2v) is 7.36. The molecule has 2 aromatic carbocycles. The fraction of sp³-hybridized carbons (Fsp3) is 0.261. The number of aromatic nitrogens is 2. The average molecular weight is 402 g/mol. The van der Waals surface area contributed by atoms with Crippen molar-refractivity contribution >= 4 is 23.2 Å². The molecule has 0 amide bonds. The van der Waals surface area contributed by atoms with Crippen LogP contribution in [0, 0.1) is 0 Å². The zero-order valence-corrected chi connectivity index (χ0v) is 16.7. The van der Waals surface area contributed by atoms with E-state index in [1.165, 1.54) is 12.8 Å². The van der Waals surface area contributed by atoms with Crippen LogP contribution in [0.15, 0.2) is 48.8 Å². The van der Waals surface area contributed by atoms with E-state index in [4.69, 9.17) is 9.47 Å². The fourth-order valence-corrected chi connectivity index (χ4v) is 4.06. The molecule has 0 radical (unpaired) electrons. The first kappa shape index (κ1) is 18.6. The van der Waals surface area contributed by atoms with E-state index in [1.54, 1.807) is 12.4 Å². The predicted octanol–water partition coefficient (Wildman–Crippen LogP) is 3.41. The van der Waals surface area contributed by atoms with E-state index in [0.717, 1.165) is 60.2 Å². The van der Waals surface area contributed by atoms with Gasteiger partial charge in [0, 0.05) is 36.4 Å². The largest absolute Gasteiger partial charge is 0.465 e. The molecule has 1 saturated heterocycles. The molecule has 1 aromatic heterocycles.